The van der Waals surface area contributed by atoms with Gasteiger partial charge in [-0.3, -0.25) is 4.90 Å². The molecule has 3 nitrogen and oxygen atoms in total. The van der Waals surface area contributed by atoms with Gasteiger partial charge in [-0.1, -0.05) is 23.7 Å². The monoisotopic (exact) mass is 221 g/mol. The van der Waals surface area contributed by atoms with Crippen molar-refractivity contribution >= 4 is 11.6 Å². The standard InChI is InChI=1S/C11H12ClN3/c12-9-3-1-2-8(4-9)11(5-13)15-6-10(14)7-15/h1-4,10-11H,6-7,14H2/t11-/m0/s1. The van der Waals surface area contributed by atoms with Crippen LogP contribution in [0.2, 0.25) is 5.02 Å². The second-order valence-electron chi connectivity index (χ2n) is 3.80. The molecule has 0 spiro atoms. The van der Waals surface area contributed by atoms with Crippen molar-refractivity contribution in [3.05, 3.63) is 34.9 Å². The Bertz CT molecular complexity index is 393. The van der Waals surface area contributed by atoms with Crippen molar-refractivity contribution in [1.29, 1.82) is 5.26 Å². The van der Waals surface area contributed by atoms with E-state index in [2.05, 4.69) is 11.0 Å². The van der Waals surface area contributed by atoms with Gasteiger partial charge in [0.2, 0.25) is 0 Å². The summed E-state index contributed by atoms with van der Waals surface area (Å²) in [6.45, 7) is 1.56. The summed E-state index contributed by atoms with van der Waals surface area (Å²) in [6, 6.07) is 9.69. The quantitative estimate of drug-likeness (QED) is 0.825. The van der Waals surface area contributed by atoms with Crippen LogP contribution in [-0.2, 0) is 0 Å². The molecular formula is C11H12ClN3. The van der Waals surface area contributed by atoms with Gasteiger partial charge in [0.1, 0.15) is 6.04 Å². The molecule has 2 rings (SSSR count). The van der Waals surface area contributed by atoms with Crippen LogP contribution in [0.4, 0.5) is 0 Å². The molecule has 0 saturated carbocycles. The van der Waals surface area contributed by atoms with E-state index in [1.807, 2.05) is 18.2 Å². The normalized spacial score (nSPS) is 19.3. The molecule has 0 bridgehead atoms. The first-order valence-electron chi connectivity index (χ1n) is 4.85. The Morgan fingerprint density at radius 2 is 2.27 bits per heavy atom. The summed E-state index contributed by atoms with van der Waals surface area (Å²) in [7, 11) is 0. The van der Waals surface area contributed by atoms with Crippen LogP contribution in [0.15, 0.2) is 24.3 Å². The van der Waals surface area contributed by atoms with Crippen LogP contribution in [0.1, 0.15) is 11.6 Å². The smallest absolute Gasteiger partial charge is 0.124 e. The summed E-state index contributed by atoms with van der Waals surface area (Å²) in [5.41, 5.74) is 6.63. The zero-order valence-corrected chi connectivity index (χ0v) is 8.98. The van der Waals surface area contributed by atoms with E-state index >= 15 is 0 Å². The zero-order chi connectivity index (χ0) is 10.8. The maximum absolute atomic E-state index is 9.12. The Hall–Kier alpha value is -1.08. The maximum atomic E-state index is 9.12. The van der Waals surface area contributed by atoms with Crippen LogP contribution in [0.5, 0.6) is 0 Å². The molecule has 78 valence electrons. The summed E-state index contributed by atoms with van der Waals surface area (Å²) in [5.74, 6) is 0. The molecule has 1 aromatic carbocycles. The van der Waals surface area contributed by atoms with Crippen molar-refractivity contribution in [2.45, 2.75) is 12.1 Å². The first-order valence-corrected chi connectivity index (χ1v) is 5.23. The third-order valence-electron chi connectivity index (χ3n) is 2.59. The number of halogens is 1. The first kappa shape index (κ1) is 10.4. The SMILES string of the molecule is N#C[C@@H](c1cccc(Cl)c1)N1CC(N)C1. The van der Waals surface area contributed by atoms with E-state index < -0.39 is 0 Å². The molecule has 0 radical (unpaired) electrons. The van der Waals surface area contributed by atoms with E-state index in [1.165, 1.54) is 0 Å². The van der Waals surface area contributed by atoms with Crippen molar-refractivity contribution < 1.29 is 0 Å². The average Bonchev–Trinajstić information content (AvgIpc) is 2.16. The van der Waals surface area contributed by atoms with Crippen molar-refractivity contribution in [2.24, 2.45) is 5.73 Å². The lowest BCUT2D eigenvalue weighted by molar-refractivity contribution is 0.121. The van der Waals surface area contributed by atoms with Gasteiger partial charge < -0.3 is 5.73 Å². The number of benzene rings is 1. The largest absolute Gasteiger partial charge is 0.325 e. The fraction of sp³-hybridized carbons (Fsp3) is 0.364. The highest BCUT2D eigenvalue weighted by Crippen LogP contribution is 2.26. The van der Waals surface area contributed by atoms with Gasteiger partial charge >= 0.3 is 0 Å². The fourth-order valence-electron chi connectivity index (χ4n) is 1.80. The molecule has 1 fully saturated rings. The highest BCUT2D eigenvalue weighted by molar-refractivity contribution is 6.30. The van der Waals surface area contributed by atoms with Gasteiger partial charge in [0, 0.05) is 24.2 Å². The van der Waals surface area contributed by atoms with Gasteiger partial charge in [0.25, 0.3) is 0 Å². The van der Waals surface area contributed by atoms with Gasteiger partial charge in [0.15, 0.2) is 0 Å². The molecule has 15 heavy (non-hydrogen) atoms. The number of nitriles is 1. The Balaban J connectivity index is 2.17. The molecule has 0 amide bonds. The summed E-state index contributed by atoms with van der Waals surface area (Å²) >= 11 is 5.89. The molecule has 2 N–H and O–H groups in total. The summed E-state index contributed by atoms with van der Waals surface area (Å²) < 4.78 is 0. The molecular weight excluding hydrogens is 210 g/mol. The fourth-order valence-corrected chi connectivity index (χ4v) is 2.00. The number of nitrogens with zero attached hydrogens (tertiary/aromatic N) is 2. The second kappa shape index (κ2) is 4.19. The number of rotatable bonds is 2. The van der Waals surface area contributed by atoms with Gasteiger partial charge in [-0.2, -0.15) is 5.26 Å². The lowest BCUT2D eigenvalue weighted by atomic mass is 10.0. The Labute approximate surface area is 94.0 Å². The number of likely N-dealkylation sites (tertiary alicyclic amines) is 1. The van der Waals surface area contributed by atoms with E-state index in [4.69, 9.17) is 22.6 Å². The molecule has 1 aromatic rings. The Morgan fingerprint density at radius 3 is 2.80 bits per heavy atom. The van der Waals surface area contributed by atoms with E-state index in [9.17, 15) is 0 Å². The minimum absolute atomic E-state index is 0.208. The zero-order valence-electron chi connectivity index (χ0n) is 8.23. The van der Waals surface area contributed by atoms with E-state index in [1.54, 1.807) is 6.07 Å². The Morgan fingerprint density at radius 1 is 1.53 bits per heavy atom. The lowest BCUT2D eigenvalue weighted by Crippen LogP contribution is -2.56. The average molecular weight is 222 g/mol. The number of hydrogen-bond acceptors (Lipinski definition) is 3. The van der Waals surface area contributed by atoms with Crippen LogP contribution >= 0.6 is 11.6 Å². The predicted molar refractivity (Wildman–Crippen MR) is 59.4 cm³/mol. The van der Waals surface area contributed by atoms with E-state index in [0.717, 1.165) is 18.7 Å². The van der Waals surface area contributed by atoms with Crippen LogP contribution in [0.25, 0.3) is 0 Å². The third-order valence-corrected chi connectivity index (χ3v) is 2.82. The van der Waals surface area contributed by atoms with Crippen LogP contribution in [0, 0.1) is 11.3 Å². The van der Waals surface area contributed by atoms with Crippen molar-refractivity contribution in [1.82, 2.24) is 4.90 Å². The Kier molecular flexibility index (Phi) is 2.92. The van der Waals surface area contributed by atoms with Gasteiger partial charge in [-0.25, -0.2) is 0 Å². The van der Waals surface area contributed by atoms with Gasteiger partial charge in [0.05, 0.1) is 6.07 Å². The molecule has 4 heteroatoms. The molecule has 1 saturated heterocycles. The van der Waals surface area contributed by atoms with Crippen molar-refractivity contribution in [3.63, 3.8) is 0 Å². The summed E-state index contributed by atoms with van der Waals surface area (Å²) in [6.07, 6.45) is 0. The molecule has 1 heterocycles. The third kappa shape index (κ3) is 2.13. The first-order chi connectivity index (χ1) is 7.20. The van der Waals surface area contributed by atoms with Crippen LogP contribution in [-0.4, -0.2) is 24.0 Å². The van der Waals surface area contributed by atoms with Gasteiger partial charge in [-0.15, -0.1) is 0 Å². The minimum Gasteiger partial charge on any atom is -0.325 e. The number of hydrogen-bond donors (Lipinski definition) is 1. The van der Waals surface area contributed by atoms with E-state index in [-0.39, 0.29) is 12.1 Å². The number of nitrogens with two attached hydrogens (primary N) is 1. The molecule has 0 aromatic heterocycles. The maximum Gasteiger partial charge on any atom is 0.124 e. The highest BCUT2D eigenvalue weighted by Gasteiger charge is 2.30. The molecule has 1 aliphatic heterocycles. The van der Waals surface area contributed by atoms with Crippen LogP contribution < -0.4 is 5.73 Å². The van der Waals surface area contributed by atoms with Gasteiger partial charge in [-0.05, 0) is 17.7 Å². The van der Waals surface area contributed by atoms with Crippen LogP contribution in [0.3, 0.4) is 0 Å². The molecule has 1 atom stereocenters. The van der Waals surface area contributed by atoms with E-state index in [0.29, 0.717) is 5.02 Å². The highest BCUT2D eigenvalue weighted by atomic mass is 35.5. The summed E-state index contributed by atoms with van der Waals surface area (Å²) in [5, 5.41) is 9.78. The molecule has 1 aliphatic rings. The minimum atomic E-state index is -0.219. The summed E-state index contributed by atoms with van der Waals surface area (Å²) in [4.78, 5) is 2.05. The molecule has 0 unspecified atom stereocenters. The topological polar surface area (TPSA) is 53.0 Å². The second-order valence-corrected chi connectivity index (χ2v) is 4.24. The predicted octanol–water partition coefficient (Wildman–Crippen LogP) is 1.55. The van der Waals surface area contributed by atoms with Crippen molar-refractivity contribution in [3.8, 4) is 6.07 Å². The van der Waals surface area contributed by atoms with Crippen molar-refractivity contribution in [2.75, 3.05) is 13.1 Å². The molecule has 0 aliphatic carbocycles. The lowest BCUT2D eigenvalue weighted by Gasteiger charge is -2.39.